The number of carbonyl (C=O) groups excluding carboxylic acids is 2. The van der Waals surface area contributed by atoms with Crippen molar-refractivity contribution in [2.45, 2.75) is 19.3 Å². The van der Waals surface area contributed by atoms with Crippen LogP contribution in [0, 0.1) is 23.7 Å². The van der Waals surface area contributed by atoms with Crippen LogP contribution in [0.3, 0.4) is 0 Å². The van der Waals surface area contributed by atoms with Crippen LogP contribution in [0.1, 0.15) is 19.3 Å². The van der Waals surface area contributed by atoms with E-state index in [4.69, 9.17) is 0 Å². The first-order valence-corrected chi connectivity index (χ1v) is 5.96. The predicted octanol–water partition coefficient (Wildman–Crippen LogP) is -0.380. The van der Waals surface area contributed by atoms with Crippen molar-refractivity contribution in [1.82, 2.24) is 10.9 Å². The van der Waals surface area contributed by atoms with E-state index in [1.165, 1.54) is 0 Å². The molecular weight excluding hydrogens is 220 g/mol. The summed E-state index contributed by atoms with van der Waals surface area (Å²) in [6.45, 7) is 0. The van der Waals surface area contributed by atoms with E-state index in [0.29, 0.717) is 0 Å². The molecule has 4 aliphatic rings. The number of fused-ring (bicyclic) bond motifs is 6. The number of hydrogen-bond acceptors (Lipinski definition) is 4. The number of hydrazone groups is 2. The van der Waals surface area contributed by atoms with Gasteiger partial charge in [-0.05, 0) is 31.1 Å². The smallest absolute Gasteiger partial charge is 0.249 e. The van der Waals surface area contributed by atoms with Crippen LogP contribution in [-0.2, 0) is 9.59 Å². The summed E-state index contributed by atoms with van der Waals surface area (Å²) in [6, 6.07) is 0. The number of nitrogens with zero attached hydrogens (tertiary/aromatic N) is 2. The standard InChI is InChI=1S/C11H12N4O2/c16-10-8-4-1-5(3-7(8)13-15-10)9-6(2-4)12-14-11(9)17/h4-5,8-9H,1-3H2,(H,14,17)(H,15,16)/t4-,5-,8-,9-/m0/s1. The van der Waals surface area contributed by atoms with Crippen LogP contribution in [0.5, 0.6) is 0 Å². The maximum atomic E-state index is 11.7. The molecule has 2 aliphatic carbocycles. The highest BCUT2D eigenvalue weighted by Gasteiger charge is 2.52. The molecule has 4 atom stereocenters. The molecule has 0 aromatic rings. The Kier molecular flexibility index (Phi) is 1.61. The van der Waals surface area contributed by atoms with Crippen LogP contribution in [0.4, 0.5) is 0 Å². The van der Waals surface area contributed by atoms with Gasteiger partial charge >= 0.3 is 0 Å². The van der Waals surface area contributed by atoms with Crippen LogP contribution in [0.15, 0.2) is 10.2 Å². The van der Waals surface area contributed by atoms with Crippen molar-refractivity contribution in [3.63, 3.8) is 0 Å². The van der Waals surface area contributed by atoms with Crippen molar-refractivity contribution in [2.24, 2.45) is 33.9 Å². The minimum absolute atomic E-state index is 0.0137. The summed E-state index contributed by atoms with van der Waals surface area (Å²) >= 11 is 0. The van der Waals surface area contributed by atoms with Gasteiger partial charge in [-0.2, -0.15) is 10.2 Å². The Morgan fingerprint density at radius 1 is 0.882 bits per heavy atom. The maximum Gasteiger partial charge on any atom is 0.249 e. The zero-order valence-corrected chi connectivity index (χ0v) is 9.14. The number of carbonyl (C=O) groups is 2. The molecule has 2 saturated carbocycles. The summed E-state index contributed by atoms with van der Waals surface area (Å²) in [5, 5.41) is 8.21. The first kappa shape index (κ1) is 9.32. The maximum absolute atomic E-state index is 11.7. The number of amides is 2. The lowest BCUT2D eigenvalue weighted by atomic mass is 9.61. The average Bonchev–Trinajstić information content (AvgIpc) is 2.84. The molecule has 0 saturated heterocycles. The average molecular weight is 232 g/mol. The highest BCUT2D eigenvalue weighted by Crippen LogP contribution is 2.45. The Labute approximate surface area is 97.5 Å². The molecule has 2 aliphatic heterocycles. The first-order valence-electron chi connectivity index (χ1n) is 5.96. The van der Waals surface area contributed by atoms with Gasteiger partial charge in [0.25, 0.3) is 0 Å². The topological polar surface area (TPSA) is 82.9 Å². The number of hydrogen-bond donors (Lipinski definition) is 2. The molecule has 0 spiro atoms. The summed E-state index contributed by atoms with van der Waals surface area (Å²) in [5.41, 5.74) is 7.00. The van der Waals surface area contributed by atoms with E-state index in [0.717, 1.165) is 30.7 Å². The fourth-order valence-electron chi connectivity index (χ4n) is 3.75. The van der Waals surface area contributed by atoms with E-state index >= 15 is 0 Å². The van der Waals surface area contributed by atoms with Gasteiger partial charge in [-0.3, -0.25) is 9.59 Å². The van der Waals surface area contributed by atoms with E-state index in [2.05, 4.69) is 21.1 Å². The lowest BCUT2D eigenvalue weighted by Crippen LogP contribution is -2.47. The Morgan fingerprint density at radius 3 is 1.82 bits per heavy atom. The van der Waals surface area contributed by atoms with Crippen LogP contribution in [-0.4, -0.2) is 23.2 Å². The van der Waals surface area contributed by atoms with Crippen LogP contribution < -0.4 is 10.9 Å². The molecule has 17 heavy (non-hydrogen) atoms. The fourth-order valence-corrected chi connectivity index (χ4v) is 3.75. The van der Waals surface area contributed by atoms with Crippen molar-refractivity contribution in [2.75, 3.05) is 0 Å². The van der Waals surface area contributed by atoms with Gasteiger partial charge in [-0.15, -0.1) is 0 Å². The second kappa shape index (κ2) is 2.94. The van der Waals surface area contributed by atoms with Crippen molar-refractivity contribution < 1.29 is 9.59 Å². The highest BCUT2D eigenvalue weighted by molar-refractivity contribution is 6.13. The summed E-state index contributed by atoms with van der Waals surface area (Å²) in [7, 11) is 0. The number of rotatable bonds is 0. The molecule has 2 N–H and O–H groups in total. The Balaban J connectivity index is 1.73. The van der Waals surface area contributed by atoms with Gasteiger partial charge < -0.3 is 0 Å². The summed E-state index contributed by atoms with van der Waals surface area (Å²) in [5.74, 6) is 0.422. The molecule has 2 fully saturated rings. The fraction of sp³-hybridized carbons (Fsp3) is 0.636. The SMILES string of the molecule is O=C1NN=C2C[C@@H]3C[C@@H](CC4=NNC(=O)[C@H]43)[C@H]12. The predicted molar refractivity (Wildman–Crippen MR) is 59.0 cm³/mol. The molecule has 0 unspecified atom stereocenters. The van der Waals surface area contributed by atoms with E-state index in [9.17, 15) is 9.59 Å². The lowest BCUT2D eigenvalue weighted by molar-refractivity contribution is -0.124. The lowest BCUT2D eigenvalue weighted by Gasteiger charge is -2.40. The Hall–Kier alpha value is -1.72. The summed E-state index contributed by atoms with van der Waals surface area (Å²) in [6.07, 6.45) is 2.43. The van der Waals surface area contributed by atoms with E-state index in [1.54, 1.807) is 0 Å². The van der Waals surface area contributed by atoms with Crippen molar-refractivity contribution in [1.29, 1.82) is 0 Å². The van der Waals surface area contributed by atoms with Gasteiger partial charge in [0.1, 0.15) is 0 Å². The quantitative estimate of drug-likeness (QED) is 0.596. The molecular formula is C11H12N4O2. The monoisotopic (exact) mass is 232 g/mol. The van der Waals surface area contributed by atoms with Gasteiger partial charge in [-0.25, -0.2) is 10.9 Å². The summed E-state index contributed by atoms with van der Waals surface area (Å²) in [4.78, 5) is 23.4. The number of nitrogens with one attached hydrogen (secondary N) is 2. The zero-order chi connectivity index (χ0) is 11.6. The second-order valence-electron chi connectivity index (χ2n) is 5.28. The second-order valence-corrected chi connectivity index (χ2v) is 5.28. The van der Waals surface area contributed by atoms with Gasteiger partial charge in [0.05, 0.1) is 23.3 Å². The van der Waals surface area contributed by atoms with Crippen molar-refractivity contribution >= 4 is 23.2 Å². The van der Waals surface area contributed by atoms with Gasteiger partial charge in [-0.1, -0.05) is 0 Å². The van der Waals surface area contributed by atoms with Gasteiger partial charge in [0.15, 0.2) is 0 Å². The minimum atomic E-state index is -0.0781. The van der Waals surface area contributed by atoms with Gasteiger partial charge in [0, 0.05) is 0 Å². The van der Waals surface area contributed by atoms with E-state index in [1.807, 2.05) is 0 Å². The largest absolute Gasteiger partial charge is 0.272 e. The van der Waals surface area contributed by atoms with Crippen LogP contribution in [0.25, 0.3) is 0 Å². The summed E-state index contributed by atoms with van der Waals surface area (Å²) < 4.78 is 0. The molecule has 0 aromatic heterocycles. The third-order valence-corrected chi connectivity index (χ3v) is 4.39. The molecule has 2 amide bonds. The molecule has 88 valence electrons. The molecule has 4 rings (SSSR count). The molecule has 2 bridgehead atoms. The normalized spacial score (nSPS) is 42.1. The third-order valence-electron chi connectivity index (χ3n) is 4.39. The molecule has 0 aromatic carbocycles. The third kappa shape index (κ3) is 1.10. The highest BCUT2D eigenvalue weighted by atomic mass is 16.2. The van der Waals surface area contributed by atoms with E-state index < -0.39 is 0 Å². The van der Waals surface area contributed by atoms with E-state index in [-0.39, 0.29) is 35.5 Å². The Bertz CT molecular complexity index is 452. The van der Waals surface area contributed by atoms with Gasteiger partial charge in [0.2, 0.25) is 11.8 Å². The van der Waals surface area contributed by atoms with Crippen LogP contribution >= 0.6 is 0 Å². The Morgan fingerprint density at radius 2 is 1.35 bits per heavy atom. The first-order chi connectivity index (χ1) is 8.24. The minimum Gasteiger partial charge on any atom is -0.272 e. The molecule has 0 radical (unpaired) electrons. The van der Waals surface area contributed by atoms with Crippen molar-refractivity contribution in [3.05, 3.63) is 0 Å². The van der Waals surface area contributed by atoms with Crippen LogP contribution in [0.2, 0.25) is 0 Å². The van der Waals surface area contributed by atoms with Crippen molar-refractivity contribution in [3.8, 4) is 0 Å². The zero-order valence-electron chi connectivity index (χ0n) is 9.14. The molecule has 6 heteroatoms. The molecule has 6 nitrogen and oxygen atoms in total. The molecule has 2 heterocycles.